The average Bonchev–Trinajstić information content (AvgIpc) is 2.59. The fourth-order valence-corrected chi connectivity index (χ4v) is 3.17. The van der Waals surface area contributed by atoms with Crippen molar-refractivity contribution in [2.24, 2.45) is 0 Å². The number of ketones is 1. The van der Waals surface area contributed by atoms with Gasteiger partial charge in [-0.1, -0.05) is 38.3 Å². The Morgan fingerprint density at radius 3 is 2.80 bits per heavy atom. The van der Waals surface area contributed by atoms with Gasteiger partial charge in [0.05, 0.1) is 6.61 Å². The minimum atomic E-state index is -1.08. The van der Waals surface area contributed by atoms with E-state index in [-0.39, 0.29) is 18.2 Å². The lowest BCUT2D eigenvalue weighted by Crippen LogP contribution is -2.35. The number of carbonyl (C=O) groups excluding carboxylic acids is 2. The fourth-order valence-electron chi connectivity index (χ4n) is 3.17. The van der Waals surface area contributed by atoms with Crippen molar-refractivity contribution in [3.63, 3.8) is 0 Å². The van der Waals surface area contributed by atoms with Crippen molar-refractivity contribution >= 4 is 18.9 Å². The van der Waals surface area contributed by atoms with Crippen molar-refractivity contribution in [2.45, 2.75) is 64.6 Å². The first-order chi connectivity index (χ1) is 12.1. The maximum atomic E-state index is 12.2. The summed E-state index contributed by atoms with van der Waals surface area (Å²) in [5.74, 6) is -0.200. The Morgan fingerprint density at radius 2 is 2.08 bits per heavy atom. The van der Waals surface area contributed by atoms with Crippen LogP contribution in [-0.2, 0) is 16.0 Å². The summed E-state index contributed by atoms with van der Waals surface area (Å²) < 4.78 is 10.6. The Bertz CT molecular complexity index is 601. The average molecular weight is 346 g/mol. The summed E-state index contributed by atoms with van der Waals surface area (Å²) in [7, 11) is -1.08. The molecule has 1 N–H and O–H groups in total. The van der Waals surface area contributed by atoms with Gasteiger partial charge in [-0.2, -0.15) is 0 Å². The number of benzene rings is 1. The van der Waals surface area contributed by atoms with Crippen molar-refractivity contribution in [3.05, 3.63) is 29.3 Å². The number of ether oxygens (including phenoxy) is 1. The Balaban J connectivity index is 2.00. The second kappa shape index (κ2) is 9.61. The fraction of sp³-hybridized carbons (Fsp3) is 0.579. The minimum Gasteiger partial charge on any atom is -0.535 e. The largest absolute Gasteiger partial charge is 0.535 e. The van der Waals surface area contributed by atoms with Crippen LogP contribution in [-0.4, -0.2) is 30.5 Å². The molecule has 6 heteroatoms. The summed E-state index contributed by atoms with van der Waals surface area (Å²) in [6.07, 6.45) is 5.63. The van der Waals surface area contributed by atoms with Gasteiger partial charge in [-0.05, 0) is 31.4 Å². The quantitative estimate of drug-likeness (QED) is 0.420. The van der Waals surface area contributed by atoms with Gasteiger partial charge < -0.3 is 14.4 Å². The topological polar surface area (TPSA) is 72.8 Å². The van der Waals surface area contributed by atoms with Gasteiger partial charge in [-0.15, -0.1) is 0 Å². The molecule has 1 aromatic carbocycles. The Labute approximate surface area is 149 Å². The van der Waals surface area contributed by atoms with Crippen LogP contribution in [0, 0.1) is 0 Å². The lowest BCUT2D eigenvalue weighted by atomic mass is 9.64. The van der Waals surface area contributed by atoms with E-state index in [9.17, 15) is 14.6 Å². The van der Waals surface area contributed by atoms with Crippen LogP contribution in [0.1, 0.15) is 68.3 Å². The molecule has 0 bridgehead atoms. The molecule has 25 heavy (non-hydrogen) atoms. The monoisotopic (exact) mass is 346 g/mol. The van der Waals surface area contributed by atoms with Crippen LogP contribution in [0.2, 0.25) is 5.82 Å². The third kappa shape index (κ3) is 5.33. The SMILES string of the molecule is CCCCCCC(=O)C[C@H]1Cc2cccc(C(=O)OCC)c2OB1O. The van der Waals surface area contributed by atoms with Crippen LogP contribution in [0.15, 0.2) is 18.2 Å². The minimum absolute atomic E-state index is 0.161. The van der Waals surface area contributed by atoms with E-state index in [1.165, 1.54) is 0 Å². The van der Waals surface area contributed by atoms with E-state index in [1.54, 1.807) is 19.1 Å². The summed E-state index contributed by atoms with van der Waals surface area (Å²) in [4.78, 5) is 24.2. The lowest BCUT2D eigenvalue weighted by molar-refractivity contribution is -0.119. The highest BCUT2D eigenvalue weighted by Gasteiger charge is 2.37. The lowest BCUT2D eigenvalue weighted by Gasteiger charge is -2.28. The second-order valence-electron chi connectivity index (χ2n) is 6.54. The molecule has 0 radical (unpaired) electrons. The van der Waals surface area contributed by atoms with Gasteiger partial charge in [-0.3, -0.25) is 4.79 Å². The summed E-state index contributed by atoms with van der Waals surface area (Å²) in [6, 6.07) is 5.27. The molecule has 1 aliphatic rings. The number of hydrogen-bond donors (Lipinski definition) is 1. The number of rotatable bonds is 9. The number of Topliss-reactive ketones (excluding diaryl/α,β-unsaturated/α-hetero) is 1. The van der Waals surface area contributed by atoms with Crippen molar-refractivity contribution in [1.29, 1.82) is 0 Å². The molecule has 5 nitrogen and oxygen atoms in total. The summed E-state index contributed by atoms with van der Waals surface area (Å²) in [5, 5.41) is 10.3. The Hall–Kier alpha value is -1.82. The maximum Gasteiger partial charge on any atom is 0.526 e. The molecule has 0 aromatic heterocycles. The molecule has 0 saturated heterocycles. The standard InChI is InChI=1S/C19H27BO5/c1-3-5-6-7-10-16(21)13-15-12-14-9-8-11-17(19(22)24-4-2)18(14)25-20(15)23/h8-9,11,15,23H,3-7,10,12-13H2,1-2H3/t15-/m1/s1. The first-order valence-electron chi connectivity index (χ1n) is 9.22. The number of fused-ring (bicyclic) bond motifs is 1. The zero-order chi connectivity index (χ0) is 18.2. The van der Waals surface area contributed by atoms with Gasteiger partial charge in [0.2, 0.25) is 0 Å². The molecular weight excluding hydrogens is 319 g/mol. The van der Waals surface area contributed by atoms with Gasteiger partial charge in [0.1, 0.15) is 17.1 Å². The molecular formula is C19H27BO5. The Morgan fingerprint density at radius 1 is 1.28 bits per heavy atom. The van der Waals surface area contributed by atoms with Gasteiger partial charge in [0.15, 0.2) is 0 Å². The molecule has 0 saturated carbocycles. The highest BCUT2D eigenvalue weighted by molar-refractivity contribution is 6.47. The van der Waals surface area contributed by atoms with Crippen LogP contribution in [0.3, 0.4) is 0 Å². The van der Waals surface area contributed by atoms with Crippen molar-refractivity contribution in [1.82, 2.24) is 0 Å². The van der Waals surface area contributed by atoms with Crippen LogP contribution in [0.5, 0.6) is 5.75 Å². The molecule has 0 amide bonds. The smallest absolute Gasteiger partial charge is 0.526 e. The predicted octanol–water partition coefficient (Wildman–Crippen LogP) is 3.58. The molecule has 0 unspecified atom stereocenters. The second-order valence-corrected chi connectivity index (χ2v) is 6.54. The normalized spacial score (nSPS) is 16.1. The zero-order valence-corrected chi connectivity index (χ0v) is 15.1. The van der Waals surface area contributed by atoms with Crippen LogP contribution < -0.4 is 4.65 Å². The number of esters is 1. The van der Waals surface area contributed by atoms with E-state index in [0.29, 0.717) is 30.6 Å². The maximum absolute atomic E-state index is 12.2. The van der Waals surface area contributed by atoms with Crippen molar-refractivity contribution < 1.29 is 24.0 Å². The van der Waals surface area contributed by atoms with Gasteiger partial charge in [0.25, 0.3) is 0 Å². The molecule has 2 rings (SSSR count). The summed E-state index contributed by atoms with van der Waals surface area (Å²) in [5.41, 5.74) is 1.15. The van der Waals surface area contributed by atoms with Gasteiger partial charge >= 0.3 is 13.1 Å². The van der Waals surface area contributed by atoms with Crippen LogP contribution in [0.25, 0.3) is 0 Å². The molecule has 1 heterocycles. The summed E-state index contributed by atoms with van der Waals surface area (Å²) >= 11 is 0. The third-order valence-electron chi connectivity index (χ3n) is 4.51. The molecule has 0 spiro atoms. The van der Waals surface area contributed by atoms with E-state index in [4.69, 9.17) is 9.39 Å². The van der Waals surface area contributed by atoms with Gasteiger partial charge in [0, 0.05) is 18.7 Å². The van der Waals surface area contributed by atoms with Crippen LogP contribution in [0.4, 0.5) is 0 Å². The molecule has 136 valence electrons. The number of hydrogen-bond acceptors (Lipinski definition) is 5. The van der Waals surface area contributed by atoms with E-state index >= 15 is 0 Å². The Kier molecular flexibility index (Phi) is 7.50. The molecule has 0 fully saturated rings. The van der Waals surface area contributed by atoms with E-state index in [1.807, 2.05) is 6.07 Å². The number of para-hydroxylation sites is 1. The zero-order valence-electron chi connectivity index (χ0n) is 15.1. The van der Waals surface area contributed by atoms with Crippen molar-refractivity contribution in [3.8, 4) is 5.75 Å². The molecule has 0 aliphatic carbocycles. The van der Waals surface area contributed by atoms with E-state index < -0.39 is 13.1 Å². The molecule has 1 atom stereocenters. The van der Waals surface area contributed by atoms with E-state index in [2.05, 4.69) is 6.92 Å². The number of carbonyl (C=O) groups is 2. The molecule has 1 aliphatic heterocycles. The number of unbranched alkanes of at least 4 members (excludes halogenated alkanes) is 3. The summed E-state index contributed by atoms with van der Waals surface area (Å²) in [6.45, 7) is 4.16. The highest BCUT2D eigenvalue weighted by atomic mass is 16.5. The highest BCUT2D eigenvalue weighted by Crippen LogP contribution is 2.36. The molecule has 1 aromatic rings. The third-order valence-corrected chi connectivity index (χ3v) is 4.51. The van der Waals surface area contributed by atoms with E-state index in [0.717, 1.165) is 31.2 Å². The van der Waals surface area contributed by atoms with Crippen molar-refractivity contribution in [2.75, 3.05) is 6.61 Å². The first-order valence-corrected chi connectivity index (χ1v) is 9.22. The predicted molar refractivity (Wildman–Crippen MR) is 96.8 cm³/mol. The first kappa shape index (κ1) is 19.5. The van der Waals surface area contributed by atoms with Gasteiger partial charge in [-0.25, -0.2) is 4.79 Å². The van der Waals surface area contributed by atoms with Crippen LogP contribution >= 0.6 is 0 Å².